The highest BCUT2D eigenvalue weighted by Gasteiger charge is 2.39. The van der Waals surface area contributed by atoms with Crippen molar-refractivity contribution in [2.24, 2.45) is 0 Å². The molecule has 2 heterocycles. The lowest BCUT2D eigenvalue weighted by molar-refractivity contribution is -0.135. The zero-order valence-electron chi connectivity index (χ0n) is 18.7. The van der Waals surface area contributed by atoms with Crippen LogP contribution >= 0.6 is 11.6 Å². The topological polar surface area (TPSA) is 103 Å². The second-order valence-corrected chi connectivity index (χ2v) is 8.94. The van der Waals surface area contributed by atoms with Crippen molar-refractivity contribution in [1.82, 2.24) is 10.2 Å². The van der Waals surface area contributed by atoms with Crippen LogP contribution in [-0.2, 0) is 16.0 Å². The monoisotopic (exact) mass is 479 g/mol. The Balaban J connectivity index is 1.42. The summed E-state index contributed by atoms with van der Waals surface area (Å²) in [7, 11) is 0. The van der Waals surface area contributed by atoms with Crippen molar-refractivity contribution >= 4 is 29.1 Å². The lowest BCUT2D eigenvalue weighted by Gasteiger charge is -2.43. The van der Waals surface area contributed by atoms with Crippen LogP contribution in [0.15, 0.2) is 54.1 Å². The van der Waals surface area contributed by atoms with Crippen molar-refractivity contribution in [2.45, 2.75) is 37.8 Å². The first kappa shape index (κ1) is 23.8. The number of carboxylic acids is 1. The Kier molecular flexibility index (Phi) is 7.51. The lowest BCUT2D eigenvalue weighted by Crippen LogP contribution is -2.61. The summed E-state index contributed by atoms with van der Waals surface area (Å²) in [6.45, 7) is 1.28. The highest BCUT2D eigenvalue weighted by atomic mass is 35.5. The molecule has 7 nitrogen and oxygen atoms in total. The van der Waals surface area contributed by atoms with E-state index in [-0.39, 0.29) is 24.9 Å². The minimum Gasteiger partial charge on any atom is -0.492 e. The number of carbonyl (C=O) groups is 2. The number of carboxylic acid groups (broad SMARTS) is 1. The van der Waals surface area contributed by atoms with Gasteiger partial charge in [0.25, 0.3) is 0 Å². The van der Waals surface area contributed by atoms with E-state index in [1.165, 1.54) is 0 Å². The fourth-order valence-electron chi connectivity index (χ4n) is 4.64. The first-order valence-electron chi connectivity index (χ1n) is 11.3. The number of ether oxygens (including phenoxy) is 1. The van der Waals surface area contributed by atoms with Gasteiger partial charge in [0, 0.05) is 19.1 Å². The van der Waals surface area contributed by atoms with E-state index in [9.17, 15) is 14.7 Å². The first-order valence-corrected chi connectivity index (χ1v) is 11.7. The second-order valence-electron chi connectivity index (χ2n) is 8.53. The molecule has 1 amide bonds. The minimum absolute atomic E-state index is 0.0406. The number of nitriles is 1. The molecule has 0 radical (unpaired) electrons. The molecule has 2 aromatic carbocycles. The number of nitrogens with zero attached hydrogens (tertiary/aromatic N) is 2. The molecule has 0 spiro atoms. The van der Waals surface area contributed by atoms with Crippen molar-refractivity contribution in [3.8, 4) is 11.8 Å². The van der Waals surface area contributed by atoms with Gasteiger partial charge < -0.3 is 20.1 Å². The van der Waals surface area contributed by atoms with Gasteiger partial charge in [0.05, 0.1) is 29.3 Å². The number of amides is 1. The molecule has 2 aliphatic heterocycles. The van der Waals surface area contributed by atoms with Crippen LogP contribution in [0.5, 0.6) is 5.75 Å². The summed E-state index contributed by atoms with van der Waals surface area (Å²) in [5.41, 5.74) is 3.14. The van der Waals surface area contributed by atoms with E-state index >= 15 is 0 Å². The molecule has 176 valence electrons. The molecule has 2 N–H and O–H groups in total. The summed E-state index contributed by atoms with van der Waals surface area (Å²) in [6, 6.07) is 16.8. The van der Waals surface area contributed by atoms with Gasteiger partial charge in [-0.1, -0.05) is 48.0 Å². The average molecular weight is 480 g/mol. The van der Waals surface area contributed by atoms with Crippen LogP contribution in [0.25, 0.3) is 5.57 Å². The third-order valence-corrected chi connectivity index (χ3v) is 6.54. The number of carbonyl (C=O) groups excluding carboxylic acids is 1. The van der Waals surface area contributed by atoms with E-state index in [2.05, 4.69) is 5.32 Å². The van der Waals surface area contributed by atoms with Crippen molar-refractivity contribution in [1.29, 1.82) is 5.26 Å². The Bertz CT molecular complexity index is 1140. The summed E-state index contributed by atoms with van der Waals surface area (Å²) in [5.74, 6) is -0.562. The van der Waals surface area contributed by atoms with E-state index < -0.39 is 12.0 Å². The number of fused-ring (bicyclic) bond motifs is 2. The smallest absolute Gasteiger partial charge is 0.333 e. The van der Waals surface area contributed by atoms with Crippen LogP contribution < -0.4 is 10.1 Å². The third-order valence-electron chi connectivity index (χ3n) is 6.22. The number of aryl methyl sites for hydroxylation is 1. The predicted octanol–water partition coefficient (Wildman–Crippen LogP) is 3.68. The fraction of sp³-hybridized carbons (Fsp3) is 0.346. The number of benzene rings is 2. The van der Waals surface area contributed by atoms with E-state index in [1.807, 2.05) is 48.5 Å². The summed E-state index contributed by atoms with van der Waals surface area (Å²) in [6.07, 6.45) is 1.98. The van der Waals surface area contributed by atoms with Crippen molar-refractivity contribution in [2.75, 3.05) is 19.7 Å². The Labute approximate surface area is 203 Å². The summed E-state index contributed by atoms with van der Waals surface area (Å²) >= 11 is 6.11. The van der Waals surface area contributed by atoms with Gasteiger partial charge in [-0.15, -0.1) is 0 Å². The fourth-order valence-corrected chi connectivity index (χ4v) is 4.83. The van der Waals surface area contributed by atoms with Crippen LogP contribution in [0.4, 0.5) is 0 Å². The Morgan fingerprint density at radius 3 is 2.65 bits per heavy atom. The van der Waals surface area contributed by atoms with E-state index in [4.69, 9.17) is 21.6 Å². The molecule has 4 rings (SSSR count). The molecule has 2 aromatic rings. The Morgan fingerprint density at radius 1 is 1.18 bits per heavy atom. The van der Waals surface area contributed by atoms with Gasteiger partial charge in [-0.3, -0.25) is 4.79 Å². The highest BCUT2D eigenvalue weighted by molar-refractivity contribution is 6.32. The first-order chi connectivity index (χ1) is 16.5. The van der Waals surface area contributed by atoms with E-state index in [0.29, 0.717) is 35.9 Å². The van der Waals surface area contributed by atoms with Gasteiger partial charge in [0.15, 0.2) is 0 Å². The van der Waals surface area contributed by atoms with E-state index in [0.717, 1.165) is 29.5 Å². The molecule has 2 unspecified atom stereocenters. The molecule has 1 fully saturated rings. The van der Waals surface area contributed by atoms with Crippen LogP contribution in [-0.4, -0.2) is 53.7 Å². The molecule has 0 aromatic heterocycles. The number of aliphatic carboxylic acids is 1. The van der Waals surface area contributed by atoms with E-state index in [1.54, 1.807) is 11.0 Å². The van der Waals surface area contributed by atoms with Crippen LogP contribution in [0, 0.1) is 11.3 Å². The molecular weight excluding hydrogens is 454 g/mol. The Morgan fingerprint density at radius 2 is 1.94 bits per heavy atom. The quantitative estimate of drug-likeness (QED) is 0.560. The minimum atomic E-state index is -0.985. The van der Waals surface area contributed by atoms with Gasteiger partial charge in [-0.05, 0) is 48.1 Å². The van der Waals surface area contributed by atoms with Gasteiger partial charge in [-0.2, -0.15) is 5.26 Å². The molecule has 0 saturated carbocycles. The molecule has 34 heavy (non-hydrogen) atoms. The number of halogens is 1. The zero-order chi connectivity index (χ0) is 24.1. The maximum atomic E-state index is 12.2. The second kappa shape index (κ2) is 10.7. The average Bonchev–Trinajstić information content (AvgIpc) is 2.82. The number of hydrogen-bond donors (Lipinski definition) is 2. The summed E-state index contributed by atoms with van der Waals surface area (Å²) in [5, 5.41) is 22.7. The molecule has 2 atom stereocenters. The highest BCUT2D eigenvalue weighted by Crippen LogP contribution is 2.33. The van der Waals surface area contributed by atoms with Crippen LogP contribution in [0.3, 0.4) is 0 Å². The maximum Gasteiger partial charge on any atom is 0.333 e. The molecule has 2 bridgehead atoms. The number of nitrogens with one attached hydrogen (secondary N) is 1. The van der Waals surface area contributed by atoms with Crippen LogP contribution in [0.1, 0.15) is 30.4 Å². The largest absolute Gasteiger partial charge is 0.492 e. The lowest BCUT2D eigenvalue weighted by atomic mass is 9.83. The van der Waals surface area contributed by atoms with Gasteiger partial charge >= 0.3 is 5.97 Å². The molecule has 1 saturated heterocycles. The van der Waals surface area contributed by atoms with Gasteiger partial charge in [-0.25, -0.2) is 4.79 Å². The van der Waals surface area contributed by atoms with Crippen LogP contribution in [0.2, 0.25) is 5.02 Å². The normalized spacial score (nSPS) is 19.5. The number of para-hydroxylation sites is 1. The van der Waals surface area contributed by atoms with Gasteiger partial charge in [0.2, 0.25) is 5.91 Å². The van der Waals surface area contributed by atoms with Crippen molar-refractivity contribution in [3.05, 3.63) is 70.3 Å². The summed E-state index contributed by atoms with van der Waals surface area (Å²) in [4.78, 5) is 25.9. The van der Waals surface area contributed by atoms with Crippen molar-refractivity contribution < 1.29 is 19.4 Å². The maximum absolute atomic E-state index is 12.2. The summed E-state index contributed by atoms with van der Waals surface area (Å²) < 4.78 is 5.74. The zero-order valence-corrected chi connectivity index (χ0v) is 19.4. The predicted molar refractivity (Wildman–Crippen MR) is 128 cm³/mol. The number of rotatable bonds is 8. The van der Waals surface area contributed by atoms with Gasteiger partial charge in [0.1, 0.15) is 12.2 Å². The molecule has 2 aliphatic rings. The molecule has 0 aliphatic carbocycles. The molecular formula is C26H26ClN3O4. The third kappa shape index (κ3) is 5.41. The van der Waals surface area contributed by atoms with Crippen molar-refractivity contribution in [3.63, 3.8) is 0 Å². The molecule has 8 heteroatoms. The number of hydrogen-bond acceptors (Lipinski definition) is 5. The SMILES string of the molecule is N#CCC(=O)N1CC2CC(c3ccc(CCCOc4ccccc4Cl)cc3)=C(C(=O)O)C(C1)N2. The number of piperazine rings is 1. The Hall–Kier alpha value is -3.34. The standard InChI is InChI=1S/C26H26ClN3O4/c27-21-5-1-2-6-23(21)34-13-3-4-17-7-9-18(10-8-17)20-14-19-15-30(24(31)11-12-28)16-22(29-19)25(20)26(32)33/h1-2,5-10,19,22,29H,3-4,11,13-16H2,(H,32,33).